The van der Waals surface area contributed by atoms with Gasteiger partial charge in [-0.1, -0.05) is 6.07 Å². The number of hydrogen-bond donors (Lipinski definition) is 1. The lowest BCUT2D eigenvalue weighted by Crippen LogP contribution is -2.40. The standard InChI is InChI=1S/C13H15BrN2O/c1-13(2,3)15-12(17)9-8-11(14)16-7-5-4-6-10(9)16/h4-8H,1-3H3,(H,15,17). The van der Waals surface area contributed by atoms with Crippen molar-refractivity contribution in [2.24, 2.45) is 0 Å². The third-order valence-electron chi connectivity index (χ3n) is 2.36. The zero-order valence-corrected chi connectivity index (χ0v) is 11.7. The second kappa shape index (κ2) is 4.18. The molecule has 0 spiro atoms. The molecule has 2 heterocycles. The third kappa shape index (κ3) is 2.52. The molecule has 0 saturated heterocycles. The van der Waals surface area contributed by atoms with Crippen molar-refractivity contribution >= 4 is 27.4 Å². The second-order valence-electron chi connectivity index (χ2n) is 5.04. The molecule has 2 aromatic heterocycles. The second-order valence-corrected chi connectivity index (χ2v) is 5.85. The fourth-order valence-electron chi connectivity index (χ4n) is 1.70. The van der Waals surface area contributed by atoms with Crippen molar-refractivity contribution in [2.45, 2.75) is 26.3 Å². The Kier molecular flexibility index (Phi) is 3.00. The van der Waals surface area contributed by atoms with Crippen LogP contribution in [-0.2, 0) is 0 Å². The summed E-state index contributed by atoms with van der Waals surface area (Å²) in [7, 11) is 0. The summed E-state index contributed by atoms with van der Waals surface area (Å²) in [5.74, 6) is -0.0492. The number of fused-ring (bicyclic) bond motifs is 1. The Bertz CT molecular complexity index is 566. The highest BCUT2D eigenvalue weighted by Crippen LogP contribution is 2.21. The van der Waals surface area contributed by atoms with Gasteiger partial charge in [0.25, 0.3) is 5.91 Å². The summed E-state index contributed by atoms with van der Waals surface area (Å²) in [5, 5.41) is 2.97. The lowest BCUT2D eigenvalue weighted by Gasteiger charge is -2.20. The van der Waals surface area contributed by atoms with Gasteiger partial charge in [0.1, 0.15) is 0 Å². The van der Waals surface area contributed by atoms with Gasteiger partial charge in [0.15, 0.2) is 0 Å². The Hall–Kier alpha value is -1.29. The van der Waals surface area contributed by atoms with Crippen LogP contribution >= 0.6 is 15.9 Å². The molecule has 0 radical (unpaired) electrons. The number of amides is 1. The molecule has 0 aromatic carbocycles. The molecule has 0 bridgehead atoms. The minimum Gasteiger partial charge on any atom is -0.347 e. The molecule has 90 valence electrons. The molecule has 1 amide bonds. The maximum Gasteiger partial charge on any atom is 0.253 e. The molecule has 0 aliphatic rings. The summed E-state index contributed by atoms with van der Waals surface area (Å²) in [6.07, 6.45) is 1.92. The van der Waals surface area contributed by atoms with E-state index in [0.717, 1.165) is 10.1 Å². The molecule has 0 fully saturated rings. The summed E-state index contributed by atoms with van der Waals surface area (Å²) in [5.41, 5.74) is 1.36. The minimum atomic E-state index is -0.230. The van der Waals surface area contributed by atoms with Crippen LogP contribution in [0.2, 0.25) is 0 Å². The number of hydrogen-bond acceptors (Lipinski definition) is 1. The van der Waals surface area contributed by atoms with Crippen molar-refractivity contribution in [3.63, 3.8) is 0 Å². The molecule has 2 aromatic rings. The van der Waals surface area contributed by atoms with Gasteiger partial charge in [-0.05, 0) is 54.9 Å². The van der Waals surface area contributed by atoms with Crippen molar-refractivity contribution in [3.05, 3.63) is 40.6 Å². The predicted octanol–water partition coefficient (Wildman–Crippen LogP) is 3.23. The van der Waals surface area contributed by atoms with Crippen LogP contribution in [0.15, 0.2) is 35.1 Å². The average Bonchev–Trinajstić information content (AvgIpc) is 2.55. The molecular formula is C13H15BrN2O. The van der Waals surface area contributed by atoms with Gasteiger partial charge in [-0.25, -0.2) is 0 Å². The molecule has 4 heteroatoms. The molecule has 1 N–H and O–H groups in total. The first-order valence-corrected chi connectivity index (χ1v) is 6.26. The van der Waals surface area contributed by atoms with E-state index in [2.05, 4.69) is 21.2 Å². The fraction of sp³-hybridized carbons (Fsp3) is 0.308. The van der Waals surface area contributed by atoms with Gasteiger partial charge in [0.05, 0.1) is 15.7 Å². The van der Waals surface area contributed by atoms with Crippen LogP contribution in [0.3, 0.4) is 0 Å². The highest BCUT2D eigenvalue weighted by Gasteiger charge is 2.19. The van der Waals surface area contributed by atoms with E-state index in [4.69, 9.17) is 0 Å². The Morgan fingerprint density at radius 1 is 1.35 bits per heavy atom. The maximum atomic E-state index is 12.1. The van der Waals surface area contributed by atoms with Crippen LogP contribution in [0.4, 0.5) is 0 Å². The Labute approximate surface area is 109 Å². The van der Waals surface area contributed by atoms with Crippen LogP contribution in [-0.4, -0.2) is 15.8 Å². The van der Waals surface area contributed by atoms with Crippen LogP contribution in [0.1, 0.15) is 31.1 Å². The largest absolute Gasteiger partial charge is 0.347 e. The number of aromatic nitrogens is 1. The zero-order valence-electron chi connectivity index (χ0n) is 10.1. The predicted molar refractivity (Wildman–Crippen MR) is 72.3 cm³/mol. The van der Waals surface area contributed by atoms with Gasteiger partial charge in [-0.2, -0.15) is 0 Å². The van der Waals surface area contributed by atoms with E-state index < -0.39 is 0 Å². The number of nitrogens with zero attached hydrogens (tertiary/aromatic N) is 1. The van der Waals surface area contributed by atoms with E-state index in [-0.39, 0.29) is 11.4 Å². The lowest BCUT2D eigenvalue weighted by molar-refractivity contribution is 0.0921. The van der Waals surface area contributed by atoms with E-state index in [9.17, 15) is 4.79 Å². The van der Waals surface area contributed by atoms with Crippen molar-refractivity contribution in [2.75, 3.05) is 0 Å². The van der Waals surface area contributed by atoms with Gasteiger partial charge in [-0.3, -0.25) is 4.79 Å². The summed E-state index contributed by atoms with van der Waals surface area (Å²) >= 11 is 3.45. The van der Waals surface area contributed by atoms with Gasteiger partial charge in [-0.15, -0.1) is 0 Å². The first-order chi connectivity index (χ1) is 7.88. The Morgan fingerprint density at radius 3 is 2.71 bits per heavy atom. The summed E-state index contributed by atoms with van der Waals surface area (Å²) in [6.45, 7) is 5.91. The summed E-state index contributed by atoms with van der Waals surface area (Å²) in [4.78, 5) is 12.1. The normalized spacial score (nSPS) is 11.8. The lowest BCUT2D eigenvalue weighted by atomic mass is 10.1. The van der Waals surface area contributed by atoms with Gasteiger partial charge in [0.2, 0.25) is 0 Å². The molecule has 17 heavy (non-hydrogen) atoms. The fourth-order valence-corrected chi connectivity index (χ4v) is 2.24. The topological polar surface area (TPSA) is 33.5 Å². The molecular weight excluding hydrogens is 280 g/mol. The van der Waals surface area contributed by atoms with Gasteiger partial charge >= 0.3 is 0 Å². The first kappa shape index (κ1) is 12.2. The number of carbonyl (C=O) groups is 1. The Morgan fingerprint density at radius 2 is 2.06 bits per heavy atom. The van der Waals surface area contributed by atoms with Crippen LogP contribution < -0.4 is 5.32 Å². The average molecular weight is 295 g/mol. The number of carbonyl (C=O) groups excluding carboxylic acids is 1. The van der Waals surface area contributed by atoms with E-state index in [0.29, 0.717) is 5.56 Å². The highest BCUT2D eigenvalue weighted by molar-refractivity contribution is 9.10. The van der Waals surface area contributed by atoms with Crippen molar-refractivity contribution in [3.8, 4) is 0 Å². The summed E-state index contributed by atoms with van der Waals surface area (Å²) < 4.78 is 2.82. The molecule has 3 nitrogen and oxygen atoms in total. The van der Waals surface area contributed by atoms with Crippen molar-refractivity contribution in [1.29, 1.82) is 0 Å². The van der Waals surface area contributed by atoms with E-state index >= 15 is 0 Å². The number of pyridine rings is 1. The van der Waals surface area contributed by atoms with E-state index in [1.165, 1.54) is 0 Å². The zero-order chi connectivity index (χ0) is 12.6. The van der Waals surface area contributed by atoms with Crippen molar-refractivity contribution < 1.29 is 4.79 Å². The third-order valence-corrected chi connectivity index (χ3v) is 2.97. The van der Waals surface area contributed by atoms with E-state index in [1.807, 2.05) is 55.6 Å². The number of rotatable bonds is 1. The minimum absolute atomic E-state index is 0.0492. The molecule has 0 saturated carbocycles. The Balaban J connectivity index is 2.46. The van der Waals surface area contributed by atoms with E-state index in [1.54, 1.807) is 0 Å². The van der Waals surface area contributed by atoms with Crippen LogP contribution in [0, 0.1) is 0 Å². The monoisotopic (exact) mass is 294 g/mol. The highest BCUT2D eigenvalue weighted by atomic mass is 79.9. The molecule has 0 aliphatic carbocycles. The van der Waals surface area contributed by atoms with Crippen molar-refractivity contribution in [1.82, 2.24) is 9.72 Å². The molecule has 0 atom stereocenters. The maximum absolute atomic E-state index is 12.1. The molecule has 0 aliphatic heterocycles. The first-order valence-electron chi connectivity index (χ1n) is 5.46. The SMILES string of the molecule is CC(C)(C)NC(=O)c1cc(Br)n2ccccc12. The van der Waals surface area contributed by atoms with Crippen LogP contribution in [0.5, 0.6) is 0 Å². The quantitative estimate of drug-likeness (QED) is 0.861. The smallest absolute Gasteiger partial charge is 0.253 e. The van der Waals surface area contributed by atoms with Gasteiger partial charge < -0.3 is 9.72 Å². The molecule has 2 rings (SSSR count). The summed E-state index contributed by atoms with van der Waals surface area (Å²) in [6, 6.07) is 7.64. The van der Waals surface area contributed by atoms with Gasteiger partial charge in [0, 0.05) is 11.7 Å². The molecule has 0 unspecified atom stereocenters. The number of nitrogens with one attached hydrogen (secondary N) is 1. The van der Waals surface area contributed by atoms with Crippen LogP contribution in [0.25, 0.3) is 5.52 Å². The number of halogens is 1.